The Labute approximate surface area is 497 Å². The van der Waals surface area contributed by atoms with Gasteiger partial charge in [0.15, 0.2) is 27.6 Å². The van der Waals surface area contributed by atoms with E-state index in [1.54, 1.807) is 31.2 Å². The maximum absolute atomic E-state index is 11.8. The van der Waals surface area contributed by atoms with Crippen molar-refractivity contribution in [1.82, 2.24) is 15.0 Å². The quantitative estimate of drug-likeness (QED) is 0.0119. The summed E-state index contributed by atoms with van der Waals surface area (Å²) in [6, 6.07) is 22.0. The summed E-state index contributed by atoms with van der Waals surface area (Å²) in [5, 5.41) is 26.4. The first-order valence-corrected chi connectivity index (χ1v) is 29.6. The van der Waals surface area contributed by atoms with Crippen molar-refractivity contribution in [3.63, 3.8) is 0 Å². The van der Waals surface area contributed by atoms with Crippen LogP contribution in [0, 0.1) is 5.41 Å². The molecule has 0 bridgehead atoms. The molecule has 0 aliphatic carbocycles. The molecule has 1 aliphatic rings. The van der Waals surface area contributed by atoms with E-state index in [2.05, 4.69) is 99.3 Å². The topological polar surface area (TPSA) is 304 Å². The van der Waals surface area contributed by atoms with Crippen molar-refractivity contribution >= 4 is 199 Å². The summed E-state index contributed by atoms with van der Waals surface area (Å²) in [4.78, 5) is 55.6. The van der Waals surface area contributed by atoms with Gasteiger partial charge in [0.25, 0.3) is 0 Å². The van der Waals surface area contributed by atoms with E-state index in [9.17, 15) is 19.2 Å². The molecule has 1 fully saturated rings. The van der Waals surface area contributed by atoms with Crippen molar-refractivity contribution in [3.05, 3.63) is 107 Å². The number of methoxy groups -OCH3 is 4. The summed E-state index contributed by atoms with van der Waals surface area (Å²) in [5.41, 5.74) is 19.4. The molecule has 0 radical (unpaired) electrons. The normalized spacial score (nSPS) is 10.2. The third-order valence-corrected chi connectivity index (χ3v) is 8.93. The zero-order chi connectivity index (χ0) is 52.5. The number of benzene rings is 3. The number of para-hydroxylation sites is 3. The van der Waals surface area contributed by atoms with Crippen LogP contribution in [0.3, 0.4) is 0 Å². The van der Waals surface area contributed by atoms with Crippen molar-refractivity contribution in [2.24, 2.45) is 17.2 Å². The van der Waals surface area contributed by atoms with Gasteiger partial charge in [0.1, 0.15) is 9.72 Å². The Balaban J connectivity index is -0.000000263. The number of hydrogen-bond acceptors (Lipinski definition) is 14. The van der Waals surface area contributed by atoms with E-state index in [-0.39, 0.29) is 105 Å². The fourth-order valence-corrected chi connectivity index (χ4v) is 6.18. The molecule has 3 aromatic carbocycles. The van der Waals surface area contributed by atoms with Crippen LogP contribution in [0.25, 0.3) is 32.7 Å². The van der Waals surface area contributed by atoms with Gasteiger partial charge in [0.2, 0.25) is 0 Å². The molecule has 4 heterocycles. The van der Waals surface area contributed by atoms with Crippen LogP contribution in [-0.4, -0.2) is 130 Å². The number of nitrogens with one attached hydrogen (secondary N) is 4. The Morgan fingerprint density at radius 3 is 1.35 bits per heavy atom. The molecule has 29 heteroatoms. The largest absolute Gasteiger partial charge is 1.00 e. The second kappa shape index (κ2) is 44.9. The predicted octanol–water partition coefficient (Wildman–Crippen LogP) is 6.58. The summed E-state index contributed by atoms with van der Waals surface area (Å²) in [6.07, 6.45) is 2.56. The average molecular weight is 1370 g/mol. The average Bonchev–Trinajstić information content (AvgIpc) is 4.16. The van der Waals surface area contributed by atoms with Gasteiger partial charge < -0.3 is 67.5 Å². The Hall–Kier alpha value is -2.39. The predicted molar refractivity (Wildman–Crippen MR) is 315 cm³/mol. The van der Waals surface area contributed by atoms with Crippen molar-refractivity contribution < 1.29 is 73.4 Å². The molecule has 0 atom stereocenters. The van der Waals surface area contributed by atoms with Gasteiger partial charge in [0, 0.05) is 64.0 Å². The zero-order valence-electron chi connectivity index (χ0n) is 40.4. The number of thiocarbonyl (C=S) groups is 1. The molecule has 0 saturated carbocycles. The number of ether oxygens (including phenoxy) is 5. The van der Waals surface area contributed by atoms with Crippen LogP contribution in [-0.2, 0) is 36.0 Å². The molecule has 7 rings (SSSR count). The Morgan fingerprint density at radius 2 is 1.03 bits per heavy atom. The van der Waals surface area contributed by atoms with Crippen LogP contribution in [0.4, 0.5) is 0 Å². The third kappa shape index (κ3) is 28.5. The van der Waals surface area contributed by atoms with Crippen LogP contribution in [0.1, 0.15) is 74.1 Å². The SMILES string of the molecule is Br.BrP(Br)Br.C1CCOC1.CCO.COC(=O)c1[nH]c2ccccc2c1C(=O)OC.COC(=O)c1c(CO)[nH]c2ccccc12.COC(=O)c1c(CSC(=N)N)[nH]c2ccccc12.ClCCl.NC(N)=S.[AlH3].[H-].[Li+]. The molecule has 0 unspecified atom stereocenters. The number of aliphatic hydroxyl groups is 2. The summed E-state index contributed by atoms with van der Waals surface area (Å²) < 4.78 is 23.5. The number of hydrogen-bond donors (Lipinski definition) is 9. The maximum atomic E-state index is 11.8. The number of aromatic amines is 3. The van der Waals surface area contributed by atoms with E-state index < -0.39 is 17.9 Å². The number of halogens is 6. The number of alkyl halides is 2. The van der Waals surface area contributed by atoms with E-state index in [0.717, 1.165) is 52.5 Å². The molecule has 6 aromatic rings. The Bertz CT molecular complexity index is 2520. The van der Waals surface area contributed by atoms with Gasteiger partial charge in [-0.05, 0) is 96.6 Å². The van der Waals surface area contributed by atoms with Gasteiger partial charge in [-0.15, -0.1) is 40.2 Å². The summed E-state index contributed by atoms with van der Waals surface area (Å²) >= 11 is 24.3. The first-order valence-electron chi connectivity index (χ1n) is 19.7. The minimum Gasteiger partial charge on any atom is -1.00 e. The van der Waals surface area contributed by atoms with Gasteiger partial charge in [-0.25, -0.2) is 19.2 Å². The van der Waals surface area contributed by atoms with Crippen molar-refractivity contribution in [3.8, 4) is 0 Å². The molecular formula is C43H60AlBr4Cl2LiN7O11PS2. The van der Waals surface area contributed by atoms with Crippen LogP contribution in [0.2, 0.25) is 0 Å². The van der Waals surface area contributed by atoms with E-state index >= 15 is 0 Å². The number of nitrogens with two attached hydrogens (primary N) is 3. The molecule has 396 valence electrons. The summed E-state index contributed by atoms with van der Waals surface area (Å²) in [6.45, 7) is 3.72. The number of carbonyl (C=O) groups is 4. The molecule has 3 aromatic heterocycles. The monoisotopic (exact) mass is 1360 g/mol. The molecule has 0 spiro atoms. The van der Waals surface area contributed by atoms with E-state index in [4.69, 9.17) is 54.0 Å². The fraction of sp³-hybridized carbons (Fsp3) is 0.302. The van der Waals surface area contributed by atoms with Crippen LogP contribution in [0.15, 0.2) is 72.8 Å². The number of esters is 4. The zero-order valence-corrected chi connectivity index (χ0v) is 50.0. The standard InChI is InChI=1S/C12H13N3O2S.C12H11NO4.C11H11NO3.C4H8O.C2H6O.CH2Cl2.CH4N2S.Al.Br3P.BrH.Li.4H/c1-17-11(16)10-7-4-2-3-5-8(7)15-9(10)6-18-12(13)14;1-16-11(14)9-7-5-3-4-6-8(7)13-10(9)12(15)17-2;1-15-11(14)10-7-4-2-3-5-8(7)12-9(10)6-13;1-2-4-5-3-1;1-2-3;2-1-3;2-1(3)4;;1-4(2)3;;;;;;/h2-5,15H,6H2,1H3,(H3,13,14);3-6,13H,1-2H3;2-5,12-13H,6H2,1H3;1-4H2;3H,2H2,1H3;1H2;(H4,2,3,4);;;1H;;;;;/q;;;;;;;;;;+1;;;;-1. The van der Waals surface area contributed by atoms with Gasteiger partial charge in [-0.2, -0.15) is 0 Å². The smallest absolute Gasteiger partial charge is 1.00 e. The summed E-state index contributed by atoms with van der Waals surface area (Å²) in [5.74, 6) is -1.54. The van der Waals surface area contributed by atoms with Gasteiger partial charge in [0.05, 0.1) is 62.8 Å². The molecular weight excluding hydrogens is 1310 g/mol. The minimum atomic E-state index is -0.596. The van der Waals surface area contributed by atoms with Gasteiger partial charge in [-0.3, -0.25) is 5.41 Å². The molecule has 0 amide bonds. The second-order valence-corrected chi connectivity index (χ2v) is 30.2. The fourth-order valence-electron chi connectivity index (χ4n) is 5.66. The minimum absolute atomic E-state index is 0. The van der Waals surface area contributed by atoms with Gasteiger partial charge in [-0.1, -0.05) is 66.4 Å². The molecule has 72 heavy (non-hydrogen) atoms. The molecule has 18 nitrogen and oxygen atoms in total. The molecule has 12 N–H and O–H groups in total. The number of fused-ring (bicyclic) bond motifs is 3. The Morgan fingerprint density at radius 1 is 0.722 bits per heavy atom. The van der Waals surface area contributed by atoms with Crippen molar-refractivity contribution in [2.45, 2.75) is 32.1 Å². The van der Waals surface area contributed by atoms with E-state index in [0.29, 0.717) is 33.5 Å². The number of aliphatic hydroxyl groups excluding tert-OH is 2. The van der Waals surface area contributed by atoms with E-state index in [1.165, 1.54) is 41.3 Å². The van der Waals surface area contributed by atoms with Crippen molar-refractivity contribution in [1.29, 1.82) is 5.41 Å². The number of amidine groups is 1. The molecule has 1 aliphatic heterocycles. The first kappa shape index (κ1) is 76.1. The number of H-pyrrole nitrogens is 3. The van der Waals surface area contributed by atoms with Crippen molar-refractivity contribution in [2.75, 3.05) is 53.6 Å². The number of thioether (sulfide) groups is 1. The number of carbonyl (C=O) groups excluding carboxylic acids is 4. The Kier molecular flexibility index (Phi) is 47.4. The summed E-state index contributed by atoms with van der Waals surface area (Å²) in [7, 11) is 5.21. The number of rotatable bonds is 7. The number of aromatic nitrogens is 3. The van der Waals surface area contributed by atoms with Gasteiger partial charge >= 0.3 is 42.7 Å². The third-order valence-electron chi connectivity index (χ3n) is 8.19. The first-order chi connectivity index (χ1) is 32.9. The van der Waals surface area contributed by atoms with Crippen LogP contribution < -0.4 is 36.1 Å². The molecule has 1 saturated heterocycles. The van der Waals surface area contributed by atoms with E-state index in [1.807, 2.05) is 48.5 Å². The maximum Gasteiger partial charge on any atom is 1.00 e. The van der Waals surface area contributed by atoms with Crippen LogP contribution >= 0.6 is 115 Å². The van der Waals surface area contributed by atoms with Crippen LogP contribution in [0.5, 0.6) is 0 Å². The second-order valence-electron chi connectivity index (χ2n) is 12.6.